The maximum absolute atomic E-state index is 12.7. The van der Waals surface area contributed by atoms with Crippen molar-refractivity contribution in [3.8, 4) is 0 Å². The van der Waals surface area contributed by atoms with Crippen LogP contribution >= 0.6 is 11.6 Å². The van der Waals surface area contributed by atoms with Gasteiger partial charge in [0.1, 0.15) is 0 Å². The van der Waals surface area contributed by atoms with Gasteiger partial charge in [0.25, 0.3) is 15.9 Å². The molecule has 0 aliphatic heterocycles. The van der Waals surface area contributed by atoms with Gasteiger partial charge in [0.2, 0.25) is 0 Å². The van der Waals surface area contributed by atoms with Gasteiger partial charge in [-0.15, -0.1) is 0 Å². The van der Waals surface area contributed by atoms with Crippen molar-refractivity contribution < 1.29 is 13.2 Å². The highest BCUT2D eigenvalue weighted by molar-refractivity contribution is 7.92. The smallest absolute Gasteiger partial charge is 0.261 e. The van der Waals surface area contributed by atoms with E-state index >= 15 is 0 Å². The number of rotatable bonds is 5. The Morgan fingerprint density at radius 1 is 0.862 bits per heavy atom. The van der Waals surface area contributed by atoms with Gasteiger partial charge in [-0.2, -0.15) is 0 Å². The average molecular weight is 429 g/mol. The Bertz CT molecular complexity index is 1170. The lowest BCUT2D eigenvalue weighted by atomic mass is 10.1. The van der Waals surface area contributed by atoms with Crippen LogP contribution in [0.25, 0.3) is 0 Å². The van der Waals surface area contributed by atoms with Crippen LogP contribution in [0.5, 0.6) is 0 Å². The van der Waals surface area contributed by atoms with Gasteiger partial charge in [-0.3, -0.25) is 9.52 Å². The predicted molar refractivity (Wildman–Crippen MR) is 117 cm³/mol. The minimum atomic E-state index is -3.78. The molecular weight excluding hydrogens is 408 g/mol. The van der Waals surface area contributed by atoms with Gasteiger partial charge < -0.3 is 5.32 Å². The van der Waals surface area contributed by atoms with Crippen molar-refractivity contribution >= 4 is 38.9 Å². The fourth-order valence-corrected chi connectivity index (χ4v) is 4.19. The number of hydrogen-bond donors (Lipinski definition) is 2. The fourth-order valence-electron chi connectivity index (χ4n) is 2.89. The minimum Gasteiger partial charge on any atom is -0.322 e. The van der Waals surface area contributed by atoms with E-state index in [-0.39, 0.29) is 10.8 Å². The summed E-state index contributed by atoms with van der Waals surface area (Å²) in [6.45, 7) is 5.63. The first kappa shape index (κ1) is 20.9. The highest BCUT2D eigenvalue weighted by Gasteiger charge is 2.16. The summed E-state index contributed by atoms with van der Waals surface area (Å²) in [5.41, 5.74) is 4.22. The summed E-state index contributed by atoms with van der Waals surface area (Å²) < 4.78 is 27.9. The minimum absolute atomic E-state index is 0.0846. The molecule has 0 aliphatic rings. The van der Waals surface area contributed by atoms with Gasteiger partial charge in [-0.05, 0) is 74.4 Å². The number of halogens is 1. The highest BCUT2D eigenvalue weighted by Crippen LogP contribution is 2.24. The molecule has 29 heavy (non-hydrogen) atoms. The lowest BCUT2D eigenvalue weighted by Gasteiger charge is -2.12. The van der Waals surface area contributed by atoms with Gasteiger partial charge in [-0.1, -0.05) is 35.4 Å². The normalized spacial score (nSPS) is 11.2. The molecule has 0 heterocycles. The fraction of sp³-hybridized carbons (Fsp3) is 0.136. The largest absolute Gasteiger partial charge is 0.322 e. The summed E-state index contributed by atoms with van der Waals surface area (Å²) >= 11 is 5.96. The van der Waals surface area contributed by atoms with Gasteiger partial charge >= 0.3 is 0 Å². The first-order chi connectivity index (χ1) is 13.7. The zero-order valence-electron chi connectivity index (χ0n) is 16.3. The lowest BCUT2D eigenvalue weighted by molar-refractivity contribution is 0.102. The molecule has 0 aromatic heterocycles. The van der Waals surface area contributed by atoms with Crippen molar-refractivity contribution in [2.24, 2.45) is 0 Å². The molecule has 3 rings (SSSR count). The van der Waals surface area contributed by atoms with E-state index in [1.54, 1.807) is 43.3 Å². The van der Waals surface area contributed by atoms with E-state index in [1.165, 1.54) is 12.1 Å². The maximum atomic E-state index is 12.7. The summed E-state index contributed by atoms with van der Waals surface area (Å²) in [6, 6.07) is 16.6. The van der Waals surface area contributed by atoms with Crippen molar-refractivity contribution in [3.05, 3.63) is 87.9 Å². The van der Waals surface area contributed by atoms with E-state index < -0.39 is 10.0 Å². The number of amides is 1. The van der Waals surface area contributed by atoms with Gasteiger partial charge in [-0.25, -0.2) is 8.42 Å². The molecule has 1 amide bonds. The lowest BCUT2D eigenvalue weighted by Crippen LogP contribution is -2.15. The number of aryl methyl sites for hydroxylation is 3. The van der Waals surface area contributed by atoms with Crippen LogP contribution in [0, 0.1) is 20.8 Å². The molecule has 0 saturated carbocycles. The second-order valence-corrected chi connectivity index (χ2v) is 8.98. The first-order valence-electron chi connectivity index (χ1n) is 8.93. The number of carbonyl (C=O) groups excluding carboxylic acids is 1. The molecule has 0 bridgehead atoms. The maximum Gasteiger partial charge on any atom is 0.261 e. The number of hydrogen-bond acceptors (Lipinski definition) is 3. The molecule has 3 aromatic rings. The molecule has 0 aliphatic carbocycles. The van der Waals surface area contributed by atoms with Crippen LogP contribution in [0.3, 0.4) is 0 Å². The van der Waals surface area contributed by atoms with Crippen LogP contribution in [-0.2, 0) is 10.0 Å². The van der Waals surface area contributed by atoms with Crippen molar-refractivity contribution in [3.63, 3.8) is 0 Å². The summed E-state index contributed by atoms with van der Waals surface area (Å²) in [7, 11) is -3.78. The molecule has 0 saturated heterocycles. The molecule has 0 spiro atoms. The molecule has 0 atom stereocenters. The molecule has 3 aromatic carbocycles. The van der Waals surface area contributed by atoms with Gasteiger partial charge in [0.15, 0.2) is 0 Å². The number of benzene rings is 3. The number of anilines is 2. The molecule has 2 N–H and O–H groups in total. The van der Waals surface area contributed by atoms with Crippen LogP contribution in [0.1, 0.15) is 27.0 Å². The third-order valence-electron chi connectivity index (χ3n) is 4.49. The third kappa shape index (κ3) is 4.96. The Kier molecular flexibility index (Phi) is 5.96. The summed E-state index contributed by atoms with van der Waals surface area (Å²) in [4.78, 5) is 12.6. The van der Waals surface area contributed by atoms with Crippen molar-refractivity contribution in [1.29, 1.82) is 0 Å². The van der Waals surface area contributed by atoms with E-state index in [0.717, 1.165) is 16.7 Å². The van der Waals surface area contributed by atoms with E-state index in [9.17, 15) is 13.2 Å². The number of sulfonamides is 1. The Labute approximate surface area is 175 Å². The monoisotopic (exact) mass is 428 g/mol. The molecule has 0 fully saturated rings. The van der Waals surface area contributed by atoms with Crippen molar-refractivity contribution in [2.45, 2.75) is 25.7 Å². The Balaban J connectivity index is 1.77. The molecule has 5 nitrogen and oxygen atoms in total. The summed E-state index contributed by atoms with van der Waals surface area (Å²) in [5.74, 6) is -0.245. The second-order valence-electron chi connectivity index (χ2n) is 6.86. The Hall–Kier alpha value is -2.83. The van der Waals surface area contributed by atoms with Gasteiger partial charge in [0, 0.05) is 16.3 Å². The van der Waals surface area contributed by atoms with Crippen LogP contribution in [0.15, 0.2) is 65.6 Å². The van der Waals surface area contributed by atoms with E-state index in [1.807, 2.05) is 26.0 Å². The molecule has 0 radical (unpaired) electrons. The first-order valence-corrected chi connectivity index (χ1v) is 10.8. The van der Waals surface area contributed by atoms with Crippen LogP contribution in [-0.4, -0.2) is 14.3 Å². The Morgan fingerprint density at radius 3 is 2.21 bits per heavy atom. The van der Waals surface area contributed by atoms with Crippen molar-refractivity contribution in [2.75, 3.05) is 10.0 Å². The quantitative estimate of drug-likeness (QED) is 0.577. The molecular formula is C22H21ClN2O3S. The second kappa shape index (κ2) is 8.27. The molecule has 150 valence electrons. The van der Waals surface area contributed by atoms with Crippen LogP contribution < -0.4 is 10.0 Å². The topological polar surface area (TPSA) is 75.3 Å². The summed E-state index contributed by atoms with van der Waals surface area (Å²) in [6.07, 6.45) is 0. The van der Waals surface area contributed by atoms with Gasteiger partial charge in [0.05, 0.1) is 10.6 Å². The zero-order chi connectivity index (χ0) is 21.2. The van der Waals surface area contributed by atoms with Crippen LogP contribution in [0.2, 0.25) is 5.02 Å². The summed E-state index contributed by atoms with van der Waals surface area (Å²) in [5, 5.41) is 3.23. The van der Waals surface area contributed by atoms with E-state index in [0.29, 0.717) is 22.0 Å². The number of nitrogens with one attached hydrogen (secondary N) is 2. The SMILES string of the molecule is Cc1ccc(C(=O)Nc2ccc(S(=O)(=O)Nc3cc(Cl)ccc3C)cc2)c(C)c1. The van der Waals surface area contributed by atoms with Crippen LogP contribution in [0.4, 0.5) is 11.4 Å². The Morgan fingerprint density at radius 2 is 1.55 bits per heavy atom. The standard InChI is InChI=1S/C22H21ClN2O3S/c1-14-4-11-20(16(3)12-14)22(26)24-18-7-9-19(10-8-18)29(27,28)25-21-13-17(23)6-5-15(21)2/h4-13,25H,1-3H3,(H,24,26). The zero-order valence-corrected chi connectivity index (χ0v) is 17.9. The number of carbonyl (C=O) groups is 1. The van der Waals surface area contributed by atoms with E-state index in [2.05, 4.69) is 10.0 Å². The van der Waals surface area contributed by atoms with Crippen molar-refractivity contribution in [1.82, 2.24) is 0 Å². The predicted octanol–water partition coefficient (Wildman–Crippen LogP) is 5.32. The average Bonchev–Trinajstić information content (AvgIpc) is 2.65. The third-order valence-corrected chi connectivity index (χ3v) is 6.11. The molecule has 7 heteroatoms. The highest BCUT2D eigenvalue weighted by atomic mass is 35.5. The molecule has 0 unspecified atom stereocenters. The van der Waals surface area contributed by atoms with E-state index in [4.69, 9.17) is 11.6 Å².